The molecule has 0 saturated carbocycles. The normalized spacial score (nSPS) is 13.5. The summed E-state index contributed by atoms with van der Waals surface area (Å²) < 4.78 is 16.7. The topological polar surface area (TPSA) is 78.9 Å². The van der Waals surface area contributed by atoms with Crippen LogP contribution in [0.4, 0.5) is 0 Å². The van der Waals surface area contributed by atoms with E-state index >= 15 is 0 Å². The van der Waals surface area contributed by atoms with E-state index in [0.29, 0.717) is 19.3 Å². The second-order valence-electron chi connectivity index (χ2n) is 16.4. The molecular formula is C62H92O6. The maximum absolute atomic E-state index is 12.8. The van der Waals surface area contributed by atoms with E-state index < -0.39 is 6.10 Å². The number of rotatable bonds is 44. The van der Waals surface area contributed by atoms with Crippen LogP contribution >= 0.6 is 0 Å². The molecule has 1 atom stereocenters. The van der Waals surface area contributed by atoms with Crippen LogP contribution in [0.2, 0.25) is 0 Å². The van der Waals surface area contributed by atoms with Gasteiger partial charge < -0.3 is 14.2 Å². The van der Waals surface area contributed by atoms with Gasteiger partial charge in [-0.05, 0) is 103 Å². The molecule has 0 aliphatic heterocycles. The zero-order chi connectivity index (χ0) is 49.3. The summed E-state index contributed by atoms with van der Waals surface area (Å²) in [6.45, 7) is 6.13. The van der Waals surface area contributed by atoms with Crippen LogP contribution in [0, 0.1) is 0 Å². The van der Waals surface area contributed by atoms with E-state index in [4.69, 9.17) is 14.2 Å². The number of hydrogen-bond acceptors (Lipinski definition) is 6. The maximum Gasteiger partial charge on any atom is 0.306 e. The molecule has 0 spiro atoms. The third-order valence-electron chi connectivity index (χ3n) is 10.1. The zero-order valence-corrected chi connectivity index (χ0v) is 42.8. The van der Waals surface area contributed by atoms with E-state index in [2.05, 4.69) is 118 Å². The minimum atomic E-state index is -0.845. The quantitative estimate of drug-likeness (QED) is 0.0199. The lowest BCUT2D eigenvalue weighted by atomic mass is 10.1. The maximum atomic E-state index is 12.8. The Morgan fingerprint density at radius 1 is 0.309 bits per heavy atom. The predicted octanol–water partition coefficient (Wildman–Crippen LogP) is 17.6. The molecule has 6 nitrogen and oxygen atoms in total. The molecule has 376 valence electrons. The van der Waals surface area contributed by atoms with Crippen LogP contribution < -0.4 is 0 Å². The fourth-order valence-electron chi connectivity index (χ4n) is 6.30. The van der Waals surface area contributed by atoms with Gasteiger partial charge in [0.2, 0.25) is 0 Å². The Balaban J connectivity index is 4.65. The minimum Gasteiger partial charge on any atom is -0.462 e. The van der Waals surface area contributed by atoms with Crippen molar-refractivity contribution in [1.82, 2.24) is 0 Å². The third-order valence-corrected chi connectivity index (χ3v) is 10.1. The highest BCUT2D eigenvalue weighted by molar-refractivity contribution is 5.71. The van der Waals surface area contributed by atoms with Crippen LogP contribution in [0.1, 0.15) is 181 Å². The molecule has 0 rings (SSSR count). The standard InChI is InChI=1S/C62H92O6/c1-4-7-10-13-16-19-22-25-28-30-31-33-34-37-40-43-46-49-52-55-61(64)67-58-59(57-66-60(63)54-51-48-45-42-39-36-27-24-21-18-15-12-9-6-3)68-62(65)56-53-50-47-44-41-38-35-32-29-26-23-20-17-14-11-8-5-2/h7-12,14,16-21,23,25-26,28-29,31-33,35,37-38,40-41,46,49,59H,4-6,13,15,22,24,27,30,34,36,39,42-45,47-48,50-58H2,1-3H3/b10-7-,11-8-,12-9-,17-14-,19-16-,21-18-,23-20-,28-25-,29-26-,33-31-,35-32+,40-37-,41-38-,49-46-. The Hall–Kier alpha value is -5.23. The van der Waals surface area contributed by atoms with Crippen LogP contribution in [-0.4, -0.2) is 37.2 Å². The first-order chi connectivity index (χ1) is 33.5. The SMILES string of the molecule is CC\C=C/C=C\C=C/C=C\C=C\C=C/CCCCCC(=O)OC(COC(=O)CC/C=C\C/C=C\C/C=C\C/C=C\C/C=C\C/C=C\CC)COC(=O)CCCCCCCCC/C=C\C/C=C\CC. The molecule has 0 aromatic rings. The van der Waals surface area contributed by atoms with Crippen molar-refractivity contribution in [3.05, 3.63) is 170 Å². The molecule has 0 aliphatic rings. The average Bonchev–Trinajstić information content (AvgIpc) is 3.34. The summed E-state index contributed by atoms with van der Waals surface area (Å²) in [5.74, 6) is -1.09. The molecule has 0 amide bonds. The zero-order valence-electron chi connectivity index (χ0n) is 42.8. The van der Waals surface area contributed by atoms with Gasteiger partial charge in [-0.15, -0.1) is 0 Å². The van der Waals surface area contributed by atoms with Gasteiger partial charge in [-0.3, -0.25) is 14.4 Å². The molecular weight excluding hydrogens is 841 g/mol. The first-order valence-electron chi connectivity index (χ1n) is 26.2. The van der Waals surface area contributed by atoms with Gasteiger partial charge in [-0.25, -0.2) is 0 Å². The monoisotopic (exact) mass is 933 g/mol. The summed E-state index contributed by atoms with van der Waals surface area (Å²) >= 11 is 0. The molecule has 0 saturated heterocycles. The Morgan fingerprint density at radius 3 is 1.10 bits per heavy atom. The Kier molecular flexibility index (Phi) is 50.2. The van der Waals surface area contributed by atoms with E-state index in [1.807, 2.05) is 72.9 Å². The van der Waals surface area contributed by atoms with Gasteiger partial charge in [0.25, 0.3) is 0 Å². The molecule has 1 unspecified atom stereocenters. The van der Waals surface area contributed by atoms with Crippen molar-refractivity contribution in [2.24, 2.45) is 0 Å². The van der Waals surface area contributed by atoms with Crippen molar-refractivity contribution < 1.29 is 28.6 Å². The summed E-state index contributed by atoms with van der Waals surface area (Å²) in [6.07, 6.45) is 80.6. The predicted molar refractivity (Wildman–Crippen MR) is 292 cm³/mol. The number of allylic oxidation sites excluding steroid dienone is 28. The fourth-order valence-corrected chi connectivity index (χ4v) is 6.30. The van der Waals surface area contributed by atoms with E-state index in [9.17, 15) is 14.4 Å². The van der Waals surface area contributed by atoms with Crippen molar-refractivity contribution in [3.63, 3.8) is 0 Å². The average molecular weight is 933 g/mol. The van der Waals surface area contributed by atoms with Gasteiger partial charge in [0.05, 0.1) is 0 Å². The number of hydrogen-bond donors (Lipinski definition) is 0. The number of carbonyl (C=O) groups excluding carboxylic acids is 3. The lowest BCUT2D eigenvalue weighted by Crippen LogP contribution is -2.30. The molecule has 0 aromatic carbocycles. The van der Waals surface area contributed by atoms with Crippen LogP contribution in [0.25, 0.3) is 0 Å². The second kappa shape index (κ2) is 54.4. The molecule has 68 heavy (non-hydrogen) atoms. The smallest absolute Gasteiger partial charge is 0.306 e. The van der Waals surface area contributed by atoms with Gasteiger partial charge in [-0.2, -0.15) is 0 Å². The highest BCUT2D eigenvalue weighted by Crippen LogP contribution is 2.12. The van der Waals surface area contributed by atoms with Crippen LogP contribution in [0.5, 0.6) is 0 Å². The summed E-state index contributed by atoms with van der Waals surface area (Å²) in [7, 11) is 0. The molecule has 0 heterocycles. The molecule has 0 N–H and O–H groups in total. The Morgan fingerprint density at radius 2 is 0.632 bits per heavy atom. The largest absolute Gasteiger partial charge is 0.462 e. The summed E-state index contributed by atoms with van der Waals surface area (Å²) in [5.41, 5.74) is 0. The molecule has 0 fully saturated rings. The molecule has 0 bridgehead atoms. The summed E-state index contributed by atoms with van der Waals surface area (Å²) in [5, 5.41) is 0. The van der Waals surface area contributed by atoms with Crippen molar-refractivity contribution in [1.29, 1.82) is 0 Å². The molecule has 0 aromatic heterocycles. The number of carbonyl (C=O) groups is 3. The fraction of sp³-hybridized carbons (Fsp3) is 0.500. The van der Waals surface area contributed by atoms with Crippen molar-refractivity contribution in [3.8, 4) is 0 Å². The van der Waals surface area contributed by atoms with Crippen molar-refractivity contribution in [2.45, 2.75) is 187 Å². The van der Waals surface area contributed by atoms with Crippen molar-refractivity contribution >= 4 is 17.9 Å². The highest BCUT2D eigenvalue weighted by atomic mass is 16.6. The van der Waals surface area contributed by atoms with Gasteiger partial charge >= 0.3 is 17.9 Å². The number of ether oxygens (including phenoxy) is 3. The molecule has 0 aliphatic carbocycles. The first kappa shape index (κ1) is 62.8. The number of unbranched alkanes of at least 4 members (excludes halogenated alkanes) is 10. The van der Waals surface area contributed by atoms with Gasteiger partial charge in [0.1, 0.15) is 13.2 Å². The van der Waals surface area contributed by atoms with E-state index in [0.717, 1.165) is 103 Å². The third kappa shape index (κ3) is 51.7. The lowest BCUT2D eigenvalue weighted by Gasteiger charge is -2.18. The Bertz CT molecular complexity index is 1640. The highest BCUT2D eigenvalue weighted by Gasteiger charge is 2.19. The minimum absolute atomic E-state index is 0.133. The Labute approximate surface area is 415 Å². The van der Waals surface area contributed by atoms with Crippen LogP contribution in [0.15, 0.2) is 170 Å². The lowest BCUT2D eigenvalue weighted by molar-refractivity contribution is -0.166. The number of esters is 3. The summed E-state index contributed by atoms with van der Waals surface area (Å²) in [6, 6.07) is 0. The van der Waals surface area contributed by atoms with Crippen LogP contribution in [-0.2, 0) is 28.6 Å². The van der Waals surface area contributed by atoms with Gasteiger partial charge in [-0.1, -0.05) is 229 Å². The van der Waals surface area contributed by atoms with Crippen LogP contribution in [0.3, 0.4) is 0 Å². The van der Waals surface area contributed by atoms with Gasteiger partial charge in [0.15, 0.2) is 6.10 Å². The first-order valence-corrected chi connectivity index (χ1v) is 26.2. The van der Waals surface area contributed by atoms with E-state index in [1.165, 1.54) is 25.7 Å². The molecule has 6 heteroatoms. The molecule has 0 radical (unpaired) electrons. The van der Waals surface area contributed by atoms with E-state index in [-0.39, 0.29) is 44.0 Å². The van der Waals surface area contributed by atoms with Crippen molar-refractivity contribution in [2.75, 3.05) is 13.2 Å². The second-order valence-corrected chi connectivity index (χ2v) is 16.4. The van der Waals surface area contributed by atoms with Gasteiger partial charge in [0, 0.05) is 19.3 Å². The van der Waals surface area contributed by atoms with E-state index in [1.54, 1.807) is 0 Å². The summed E-state index contributed by atoms with van der Waals surface area (Å²) in [4.78, 5) is 38.0.